The lowest BCUT2D eigenvalue weighted by atomic mass is 9.82. The number of carbonyl (C=O) groups is 2. The molecule has 154 valence electrons. The lowest BCUT2D eigenvalue weighted by Crippen LogP contribution is -2.37. The van der Waals surface area contributed by atoms with Crippen molar-refractivity contribution >= 4 is 11.6 Å². The first-order valence-electron chi connectivity index (χ1n) is 9.25. The fraction of sp³-hybridized carbons (Fsp3) is 0.333. The molecule has 2 aromatic rings. The number of hydrogen-bond acceptors (Lipinski definition) is 8. The Morgan fingerprint density at radius 1 is 1.00 bits per heavy atom. The van der Waals surface area contributed by atoms with Gasteiger partial charge in [-0.15, -0.1) is 0 Å². The van der Waals surface area contributed by atoms with Gasteiger partial charge in [0.1, 0.15) is 11.5 Å². The molecular formula is C21H23NO7. The molecular weight excluding hydrogens is 378 g/mol. The molecule has 1 aliphatic rings. The number of rotatable bonds is 7. The number of fused-ring (bicyclic) bond motifs is 2. The van der Waals surface area contributed by atoms with Crippen LogP contribution in [0.1, 0.15) is 57.2 Å². The molecule has 2 aromatic carbocycles. The van der Waals surface area contributed by atoms with Crippen LogP contribution in [-0.2, 0) is 11.3 Å². The van der Waals surface area contributed by atoms with Gasteiger partial charge in [-0.3, -0.25) is 9.59 Å². The van der Waals surface area contributed by atoms with Gasteiger partial charge in [-0.25, -0.2) is 0 Å². The van der Waals surface area contributed by atoms with E-state index in [1.54, 1.807) is 6.92 Å². The van der Waals surface area contributed by atoms with Crippen LogP contribution in [0.25, 0.3) is 0 Å². The summed E-state index contributed by atoms with van der Waals surface area (Å²) in [5.74, 6) is -1.89. The predicted octanol–water partition coefficient (Wildman–Crippen LogP) is 1.20. The molecule has 0 radical (unpaired) electrons. The van der Waals surface area contributed by atoms with Gasteiger partial charge in [-0.1, -0.05) is 19.1 Å². The summed E-state index contributed by atoms with van der Waals surface area (Å²) in [5, 5.41) is 39.9. The molecule has 8 heteroatoms. The van der Waals surface area contributed by atoms with Crippen molar-refractivity contribution in [2.75, 3.05) is 0 Å². The number of benzene rings is 2. The normalized spacial score (nSPS) is 16.1. The lowest BCUT2D eigenvalue weighted by Gasteiger charge is -2.22. The van der Waals surface area contributed by atoms with Gasteiger partial charge in [-0.2, -0.15) is 0 Å². The minimum atomic E-state index is -1.25. The van der Waals surface area contributed by atoms with Crippen LogP contribution in [0.3, 0.4) is 0 Å². The summed E-state index contributed by atoms with van der Waals surface area (Å²) in [6, 6.07) is 6.22. The predicted molar refractivity (Wildman–Crippen MR) is 103 cm³/mol. The Labute approximate surface area is 167 Å². The SMILES string of the molecule is CC[C@H](O)[C@@H](N)C[C@@H](O)OCc1cc(O)c2c(c1)C(=O)c1cccc(O)c1C2=O. The van der Waals surface area contributed by atoms with E-state index in [1.807, 2.05) is 0 Å². The summed E-state index contributed by atoms with van der Waals surface area (Å²) in [6.07, 6.45) is -1.56. The molecule has 0 aliphatic heterocycles. The fourth-order valence-corrected chi connectivity index (χ4v) is 3.38. The molecule has 0 saturated carbocycles. The minimum Gasteiger partial charge on any atom is -0.507 e. The van der Waals surface area contributed by atoms with Crippen molar-refractivity contribution in [3.63, 3.8) is 0 Å². The second-order valence-corrected chi connectivity index (χ2v) is 7.04. The van der Waals surface area contributed by atoms with Crippen molar-refractivity contribution in [3.8, 4) is 11.5 Å². The maximum Gasteiger partial charge on any atom is 0.201 e. The molecule has 0 aromatic heterocycles. The first-order chi connectivity index (χ1) is 13.7. The molecule has 0 unspecified atom stereocenters. The van der Waals surface area contributed by atoms with E-state index in [0.29, 0.717) is 12.0 Å². The van der Waals surface area contributed by atoms with E-state index < -0.39 is 35.8 Å². The average molecular weight is 401 g/mol. The molecule has 1 aliphatic carbocycles. The highest BCUT2D eigenvalue weighted by molar-refractivity contribution is 6.30. The molecule has 0 spiro atoms. The third kappa shape index (κ3) is 4.01. The minimum absolute atomic E-state index is 0.000651. The zero-order valence-corrected chi connectivity index (χ0v) is 15.8. The number of nitrogens with two attached hydrogens (primary N) is 1. The number of phenolic OH excluding ortho intramolecular Hbond substituents is 2. The zero-order valence-electron chi connectivity index (χ0n) is 15.8. The van der Waals surface area contributed by atoms with Crippen LogP contribution >= 0.6 is 0 Å². The highest BCUT2D eigenvalue weighted by Crippen LogP contribution is 2.37. The summed E-state index contributed by atoms with van der Waals surface area (Å²) < 4.78 is 5.31. The summed E-state index contributed by atoms with van der Waals surface area (Å²) >= 11 is 0. The summed E-state index contributed by atoms with van der Waals surface area (Å²) in [6.45, 7) is 1.62. The van der Waals surface area contributed by atoms with Crippen molar-refractivity contribution in [2.45, 2.75) is 44.8 Å². The average Bonchev–Trinajstić information content (AvgIpc) is 2.69. The molecule has 0 heterocycles. The van der Waals surface area contributed by atoms with Gasteiger partial charge in [0, 0.05) is 23.6 Å². The second kappa shape index (κ2) is 8.30. The molecule has 0 bridgehead atoms. The number of ketones is 2. The topological polar surface area (TPSA) is 150 Å². The van der Waals surface area contributed by atoms with E-state index in [2.05, 4.69) is 0 Å². The fourth-order valence-electron chi connectivity index (χ4n) is 3.38. The first kappa shape index (κ1) is 20.9. The van der Waals surface area contributed by atoms with Gasteiger partial charge < -0.3 is 30.9 Å². The Morgan fingerprint density at radius 3 is 2.38 bits per heavy atom. The van der Waals surface area contributed by atoms with Crippen molar-refractivity contribution in [2.24, 2.45) is 5.73 Å². The maximum atomic E-state index is 12.8. The van der Waals surface area contributed by atoms with Crippen LogP contribution < -0.4 is 5.73 Å². The Balaban J connectivity index is 1.82. The number of carbonyl (C=O) groups excluding carboxylic acids is 2. The van der Waals surface area contributed by atoms with Gasteiger partial charge in [-0.05, 0) is 30.2 Å². The van der Waals surface area contributed by atoms with Crippen LogP contribution in [0, 0.1) is 0 Å². The molecule has 0 saturated heterocycles. The number of phenols is 2. The first-order valence-corrected chi connectivity index (χ1v) is 9.25. The van der Waals surface area contributed by atoms with E-state index in [0.717, 1.165) is 0 Å². The van der Waals surface area contributed by atoms with Crippen LogP contribution in [0.2, 0.25) is 0 Å². The van der Waals surface area contributed by atoms with Gasteiger partial charge in [0.25, 0.3) is 0 Å². The van der Waals surface area contributed by atoms with Crippen molar-refractivity contribution in [1.82, 2.24) is 0 Å². The van der Waals surface area contributed by atoms with Gasteiger partial charge in [0.15, 0.2) is 12.1 Å². The smallest absolute Gasteiger partial charge is 0.201 e. The Morgan fingerprint density at radius 2 is 1.69 bits per heavy atom. The summed E-state index contributed by atoms with van der Waals surface area (Å²) in [7, 11) is 0. The molecule has 0 fully saturated rings. The molecule has 6 N–H and O–H groups in total. The molecule has 29 heavy (non-hydrogen) atoms. The van der Waals surface area contributed by atoms with Crippen molar-refractivity contribution in [3.05, 3.63) is 58.1 Å². The summed E-state index contributed by atoms with van der Waals surface area (Å²) in [4.78, 5) is 25.5. The number of hydrogen-bond donors (Lipinski definition) is 5. The third-order valence-corrected chi connectivity index (χ3v) is 4.99. The number of ether oxygens (including phenoxy) is 1. The molecule has 0 amide bonds. The number of aliphatic hydroxyl groups excluding tert-OH is 2. The van der Waals surface area contributed by atoms with Gasteiger partial charge >= 0.3 is 0 Å². The number of aromatic hydroxyl groups is 2. The van der Waals surface area contributed by atoms with Crippen molar-refractivity contribution in [1.29, 1.82) is 0 Å². The van der Waals surface area contributed by atoms with Crippen LogP contribution in [-0.4, -0.2) is 50.4 Å². The third-order valence-electron chi connectivity index (χ3n) is 4.99. The van der Waals surface area contributed by atoms with Crippen LogP contribution in [0.4, 0.5) is 0 Å². The van der Waals surface area contributed by atoms with E-state index >= 15 is 0 Å². The van der Waals surface area contributed by atoms with Gasteiger partial charge in [0.05, 0.1) is 23.8 Å². The Bertz CT molecular complexity index is 956. The van der Waals surface area contributed by atoms with E-state index in [1.165, 1.54) is 30.3 Å². The largest absolute Gasteiger partial charge is 0.507 e. The lowest BCUT2D eigenvalue weighted by molar-refractivity contribution is -0.119. The highest BCUT2D eigenvalue weighted by Gasteiger charge is 2.34. The van der Waals surface area contributed by atoms with Gasteiger partial charge in [0.2, 0.25) is 5.78 Å². The molecule has 3 rings (SSSR count). The highest BCUT2D eigenvalue weighted by atomic mass is 16.6. The maximum absolute atomic E-state index is 12.8. The second-order valence-electron chi connectivity index (χ2n) is 7.04. The Kier molecular flexibility index (Phi) is 5.99. The monoisotopic (exact) mass is 401 g/mol. The van der Waals surface area contributed by atoms with E-state index in [-0.39, 0.29) is 41.0 Å². The quantitative estimate of drug-likeness (QED) is 0.371. The van der Waals surface area contributed by atoms with Crippen LogP contribution in [0.5, 0.6) is 11.5 Å². The van der Waals surface area contributed by atoms with Crippen molar-refractivity contribution < 1.29 is 34.8 Å². The molecule has 8 nitrogen and oxygen atoms in total. The van der Waals surface area contributed by atoms with E-state index in [4.69, 9.17) is 10.5 Å². The number of aliphatic hydroxyl groups is 2. The zero-order chi connectivity index (χ0) is 21.3. The Hall–Kier alpha value is -2.78. The van der Waals surface area contributed by atoms with E-state index in [9.17, 15) is 30.0 Å². The van der Waals surface area contributed by atoms with Crippen LogP contribution in [0.15, 0.2) is 30.3 Å². The standard InChI is InChI=1S/C21H23NO7/c1-2-14(23)13(22)8-17(26)29-9-10-6-12-19(16(25)7-10)21(28)18-11(20(12)27)4-3-5-15(18)24/h3-7,13-14,17,23-26H,2,8-9,22H2,1H3/t13-,14-,17-/m0/s1. The molecule has 3 atom stereocenters. The summed E-state index contributed by atoms with van der Waals surface area (Å²) in [5.41, 5.74) is 5.88.